The standard InChI is InChI=1S/C27H47O2S2.ClH/c1-6-7-15-30-20-24-18-27(29-14-13-23(4)12-10-11-22(2)3)25(19-26(24)28-5)21-31-16-8-9-17-31;/h18-19,22-23H,6-17,20-21H2,1-5H3;1H/q+1;/p-1. The number of benzene rings is 1. The van der Waals surface area contributed by atoms with Gasteiger partial charge in [-0.15, -0.1) is 0 Å². The quantitative estimate of drug-likeness (QED) is 0.237. The van der Waals surface area contributed by atoms with E-state index in [2.05, 4.69) is 39.8 Å². The van der Waals surface area contributed by atoms with Crippen molar-refractivity contribution in [2.24, 2.45) is 11.8 Å². The Hall–Kier alpha value is -0.190. The van der Waals surface area contributed by atoms with Crippen LogP contribution in [0.3, 0.4) is 0 Å². The van der Waals surface area contributed by atoms with E-state index in [0.717, 1.165) is 42.1 Å². The van der Waals surface area contributed by atoms with Gasteiger partial charge in [-0.25, -0.2) is 0 Å². The van der Waals surface area contributed by atoms with Crippen LogP contribution in [0.25, 0.3) is 0 Å². The zero-order chi connectivity index (χ0) is 22.5. The lowest BCUT2D eigenvalue weighted by Crippen LogP contribution is -3.00. The van der Waals surface area contributed by atoms with Crippen molar-refractivity contribution in [3.8, 4) is 11.5 Å². The molecular formula is C27H47ClO2S2. The van der Waals surface area contributed by atoms with Crippen molar-refractivity contribution in [2.75, 3.05) is 31.0 Å². The topological polar surface area (TPSA) is 18.5 Å². The Morgan fingerprint density at radius 2 is 1.69 bits per heavy atom. The number of methoxy groups -OCH3 is 1. The normalized spacial score (nSPS) is 15.1. The lowest BCUT2D eigenvalue weighted by Gasteiger charge is -2.18. The van der Waals surface area contributed by atoms with Crippen molar-refractivity contribution >= 4 is 22.7 Å². The largest absolute Gasteiger partial charge is 1.00 e. The highest BCUT2D eigenvalue weighted by molar-refractivity contribution is 7.98. The van der Waals surface area contributed by atoms with E-state index in [1.807, 2.05) is 18.9 Å². The maximum atomic E-state index is 6.45. The minimum absolute atomic E-state index is 0. The third kappa shape index (κ3) is 11.3. The van der Waals surface area contributed by atoms with Gasteiger partial charge >= 0.3 is 0 Å². The fourth-order valence-electron chi connectivity index (χ4n) is 4.09. The predicted molar refractivity (Wildman–Crippen MR) is 142 cm³/mol. The maximum absolute atomic E-state index is 6.45. The number of hydrogen-bond acceptors (Lipinski definition) is 3. The first kappa shape index (κ1) is 29.8. The highest BCUT2D eigenvalue weighted by Gasteiger charge is 2.26. The highest BCUT2D eigenvalue weighted by atomic mass is 35.5. The number of rotatable bonds is 16. The summed E-state index contributed by atoms with van der Waals surface area (Å²) in [6.45, 7) is 10.1. The van der Waals surface area contributed by atoms with E-state index in [9.17, 15) is 0 Å². The molecule has 2 rings (SSSR count). The third-order valence-electron chi connectivity index (χ3n) is 6.19. The summed E-state index contributed by atoms with van der Waals surface area (Å²) in [6.07, 6.45) is 10.5. The van der Waals surface area contributed by atoms with Gasteiger partial charge in [0.2, 0.25) is 0 Å². The molecule has 2 nitrogen and oxygen atoms in total. The smallest absolute Gasteiger partial charge is 0.136 e. The SMILES string of the molecule is CCCCSCc1cc(OCCC(C)CCCC(C)C)c(C[S+]2CCCC2)cc1OC.[Cl-]. The van der Waals surface area contributed by atoms with Gasteiger partial charge in [0, 0.05) is 16.9 Å². The summed E-state index contributed by atoms with van der Waals surface area (Å²) < 4.78 is 12.3. The van der Waals surface area contributed by atoms with Crippen LogP contribution in [0.5, 0.6) is 11.5 Å². The van der Waals surface area contributed by atoms with Crippen molar-refractivity contribution in [1.82, 2.24) is 0 Å². The molecule has 1 atom stereocenters. The summed E-state index contributed by atoms with van der Waals surface area (Å²) in [4.78, 5) is 0. The average Bonchev–Trinajstić information content (AvgIpc) is 3.25. The van der Waals surface area contributed by atoms with Gasteiger partial charge in [-0.2, -0.15) is 11.8 Å². The Bertz CT molecular complexity index is 618. The Kier molecular flexibility index (Phi) is 16.1. The van der Waals surface area contributed by atoms with Gasteiger partial charge in [0.05, 0.1) is 13.7 Å². The molecule has 1 saturated heterocycles. The second-order valence-corrected chi connectivity index (χ2v) is 13.1. The molecular weight excluding hydrogens is 456 g/mol. The third-order valence-corrected chi connectivity index (χ3v) is 9.73. The molecule has 0 saturated carbocycles. The van der Waals surface area contributed by atoms with Gasteiger partial charge in [-0.3, -0.25) is 0 Å². The molecule has 1 aliphatic rings. The van der Waals surface area contributed by atoms with Crippen LogP contribution in [0.15, 0.2) is 12.1 Å². The van der Waals surface area contributed by atoms with Crippen molar-refractivity contribution in [1.29, 1.82) is 0 Å². The highest BCUT2D eigenvalue weighted by Crippen LogP contribution is 2.34. The Labute approximate surface area is 212 Å². The summed E-state index contributed by atoms with van der Waals surface area (Å²) in [6, 6.07) is 4.60. The molecule has 1 heterocycles. The molecule has 32 heavy (non-hydrogen) atoms. The first-order valence-electron chi connectivity index (χ1n) is 12.6. The fourth-order valence-corrected chi connectivity index (χ4v) is 7.56. The molecule has 0 N–H and O–H groups in total. The van der Waals surface area contributed by atoms with Crippen LogP contribution in [-0.4, -0.2) is 31.0 Å². The van der Waals surface area contributed by atoms with Crippen molar-refractivity contribution < 1.29 is 21.9 Å². The second-order valence-electron chi connectivity index (χ2n) is 9.62. The summed E-state index contributed by atoms with van der Waals surface area (Å²) in [7, 11) is 2.34. The molecule has 0 amide bonds. The number of hydrogen-bond donors (Lipinski definition) is 0. The lowest BCUT2D eigenvalue weighted by atomic mass is 9.98. The molecule has 1 aromatic carbocycles. The fraction of sp³-hybridized carbons (Fsp3) is 0.778. The van der Waals surface area contributed by atoms with Gasteiger partial charge < -0.3 is 21.9 Å². The average molecular weight is 503 g/mol. The van der Waals surface area contributed by atoms with Crippen molar-refractivity contribution in [3.63, 3.8) is 0 Å². The zero-order valence-electron chi connectivity index (χ0n) is 21.2. The van der Waals surface area contributed by atoms with E-state index >= 15 is 0 Å². The van der Waals surface area contributed by atoms with Crippen molar-refractivity contribution in [3.05, 3.63) is 23.3 Å². The molecule has 0 aliphatic carbocycles. The lowest BCUT2D eigenvalue weighted by molar-refractivity contribution is -0.00000774. The molecule has 186 valence electrons. The van der Waals surface area contributed by atoms with E-state index in [0.29, 0.717) is 10.9 Å². The van der Waals surface area contributed by atoms with Gasteiger partial charge in [0.1, 0.15) is 28.8 Å². The van der Waals surface area contributed by atoms with Crippen LogP contribution in [0.1, 0.15) is 90.2 Å². The number of ether oxygens (including phenoxy) is 2. The van der Waals surface area contributed by atoms with E-state index < -0.39 is 0 Å². The van der Waals surface area contributed by atoms with E-state index in [4.69, 9.17) is 9.47 Å². The molecule has 1 unspecified atom stereocenters. The summed E-state index contributed by atoms with van der Waals surface area (Å²) in [5, 5.41) is 0. The molecule has 0 spiro atoms. The molecule has 0 aromatic heterocycles. The van der Waals surface area contributed by atoms with E-state index in [1.165, 1.54) is 79.1 Å². The monoisotopic (exact) mass is 502 g/mol. The van der Waals surface area contributed by atoms with Crippen LogP contribution in [-0.2, 0) is 22.4 Å². The molecule has 1 fully saturated rings. The second kappa shape index (κ2) is 17.3. The zero-order valence-corrected chi connectivity index (χ0v) is 23.6. The van der Waals surface area contributed by atoms with Crippen molar-refractivity contribution in [2.45, 2.75) is 90.6 Å². The summed E-state index contributed by atoms with van der Waals surface area (Å²) in [5.74, 6) is 9.91. The van der Waals surface area contributed by atoms with E-state index in [-0.39, 0.29) is 12.4 Å². The van der Waals surface area contributed by atoms with Crippen LogP contribution >= 0.6 is 11.8 Å². The van der Waals surface area contributed by atoms with Gasteiger partial charge in [-0.05, 0) is 66.3 Å². The Morgan fingerprint density at radius 3 is 2.34 bits per heavy atom. The van der Waals surface area contributed by atoms with Crippen LogP contribution in [0.2, 0.25) is 0 Å². The Balaban J connectivity index is 0.00000512. The maximum Gasteiger partial charge on any atom is 0.136 e. The number of halogens is 1. The first-order valence-corrected chi connectivity index (χ1v) is 15.5. The molecule has 1 aromatic rings. The number of unbranched alkanes of at least 4 members (excludes halogenated alkanes) is 1. The summed E-state index contributed by atoms with van der Waals surface area (Å²) >= 11 is 2.01. The van der Waals surface area contributed by atoms with Gasteiger partial charge in [0.25, 0.3) is 0 Å². The minimum atomic E-state index is 0. The molecule has 0 bridgehead atoms. The van der Waals surface area contributed by atoms with Crippen LogP contribution < -0.4 is 21.9 Å². The molecule has 0 radical (unpaired) electrons. The number of thioether (sulfide) groups is 1. The van der Waals surface area contributed by atoms with Crippen LogP contribution in [0, 0.1) is 11.8 Å². The van der Waals surface area contributed by atoms with Gasteiger partial charge in [0.15, 0.2) is 0 Å². The Morgan fingerprint density at radius 1 is 0.969 bits per heavy atom. The first-order chi connectivity index (χ1) is 15.0. The van der Waals surface area contributed by atoms with Crippen LogP contribution in [0.4, 0.5) is 0 Å². The van der Waals surface area contributed by atoms with E-state index in [1.54, 1.807) is 0 Å². The molecule has 1 aliphatic heterocycles. The molecule has 5 heteroatoms. The van der Waals surface area contributed by atoms with Gasteiger partial charge in [-0.1, -0.05) is 53.4 Å². The minimum Gasteiger partial charge on any atom is -1.00 e. The summed E-state index contributed by atoms with van der Waals surface area (Å²) in [5.41, 5.74) is 2.67. The predicted octanol–water partition coefficient (Wildman–Crippen LogP) is 4.88.